The van der Waals surface area contributed by atoms with Crippen LogP contribution in [0.2, 0.25) is 0 Å². The third-order valence-corrected chi connectivity index (χ3v) is 4.28. The maximum absolute atomic E-state index is 12.1. The van der Waals surface area contributed by atoms with Crippen LogP contribution in [-0.4, -0.2) is 49.1 Å². The molecule has 0 spiro atoms. The van der Waals surface area contributed by atoms with Crippen molar-refractivity contribution < 1.29 is 14.3 Å². The largest absolute Gasteiger partial charge is 0.374 e. The summed E-state index contributed by atoms with van der Waals surface area (Å²) in [4.78, 5) is 25.6. The molecule has 2 saturated heterocycles. The molecule has 0 bridgehead atoms. The van der Waals surface area contributed by atoms with Gasteiger partial charge in [0.2, 0.25) is 11.8 Å². The number of carbonyl (C=O) groups excluding carboxylic acids is 2. The van der Waals surface area contributed by atoms with Crippen LogP contribution >= 0.6 is 0 Å². The fourth-order valence-corrected chi connectivity index (χ4v) is 3.12. The van der Waals surface area contributed by atoms with E-state index in [-0.39, 0.29) is 35.2 Å². The third kappa shape index (κ3) is 1.52. The van der Waals surface area contributed by atoms with E-state index in [4.69, 9.17) is 4.74 Å². The minimum absolute atomic E-state index is 0.000765. The van der Waals surface area contributed by atoms with E-state index in [1.165, 1.54) is 4.90 Å². The number of fused-ring (bicyclic) bond motifs is 1. The van der Waals surface area contributed by atoms with Gasteiger partial charge in [0, 0.05) is 13.1 Å². The molecule has 3 unspecified atom stereocenters. The van der Waals surface area contributed by atoms with E-state index < -0.39 is 0 Å². The average Bonchev–Trinajstić information content (AvgIpc) is 2.78. The van der Waals surface area contributed by atoms with Gasteiger partial charge in [-0.15, -0.1) is 0 Å². The first-order chi connectivity index (χ1) is 8.03. The lowest BCUT2D eigenvalue weighted by Gasteiger charge is -2.28. The lowest BCUT2D eigenvalue weighted by molar-refractivity contribution is -0.145. The van der Waals surface area contributed by atoms with Crippen molar-refractivity contribution in [1.82, 2.24) is 10.2 Å². The van der Waals surface area contributed by atoms with Crippen LogP contribution in [0.5, 0.6) is 0 Å². The van der Waals surface area contributed by atoms with Crippen molar-refractivity contribution in [2.75, 3.05) is 26.2 Å². The molecule has 0 aromatic heterocycles. The Balaban J connectivity index is 1.66. The first-order valence-corrected chi connectivity index (χ1v) is 6.21. The number of likely N-dealkylation sites (tertiary alicyclic amines) is 1. The Bertz CT molecular complexity index is 350. The van der Waals surface area contributed by atoms with Crippen molar-refractivity contribution in [2.45, 2.75) is 20.0 Å². The maximum atomic E-state index is 12.1. The Morgan fingerprint density at radius 2 is 2.00 bits per heavy atom. The zero-order chi connectivity index (χ0) is 12.2. The minimum atomic E-state index is -0.115. The summed E-state index contributed by atoms with van der Waals surface area (Å²) in [6.07, 6.45) is -0.0442. The van der Waals surface area contributed by atoms with Gasteiger partial charge in [-0.2, -0.15) is 0 Å². The molecule has 3 atom stereocenters. The zero-order valence-corrected chi connectivity index (χ0v) is 10.2. The van der Waals surface area contributed by atoms with Gasteiger partial charge in [0.05, 0.1) is 31.1 Å². The van der Waals surface area contributed by atoms with E-state index in [9.17, 15) is 9.59 Å². The van der Waals surface area contributed by atoms with Gasteiger partial charge < -0.3 is 10.1 Å². The quantitative estimate of drug-likeness (QED) is 0.666. The predicted octanol–water partition coefficient (Wildman–Crippen LogP) is -0.384. The molecule has 1 aliphatic carbocycles. The molecule has 0 radical (unpaired) electrons. The van der Waals surface area contributed by atoms with Crippen LogP contribution in [0.1, 0.15) is 13.8 Å². The van der Waals surface area contributed by atoms with Gasteiger partial charge in [0.1, 0.15) is 0 Å². The molecule has 2 amide bonds. The second-order valence-corrected chi connectivity index (χ2v) is 5.76. The van der Waals surface area contributed by atoms with Gasteiger partial charge >= 0.3 is 0 Å². The van der Waals surface area contributed by atoms with Crippen LogP contribution in [0.3, 0.4) is 0 Å². The summed E-state index contributed by atoms with van der Waals surface area (Å²) >= 11 is 0. The third-order valence-electron chi connectivity index (χ3n) is 4.28. The molecule has 5 heteroatoms. The molecule has 94 valence electrons. The number of imide groups is 1. The highest BCUT2D eigenvalue weighted by Crippen LogP contribution is 2.63. The first-order valence-electron chi connectivity index (χ1n) is 6.21. The number of nitrogens with zero attached hydrogens (tertiary/aromatic N) is 1. The van der Waals surface area contributed by atoms with E-state index >= 15 is 0 Å². The predicted molar refractivity (Wildman–Crippen MR) is 60.1 cm³/mol. The van der Waals surface area contributed by atoms with E-state index in [1.807, 2.05) is 13.8 Å². The smallest absolute Gasteiger partial charge is 0.233 e. The Hall–Kier alpha value is -0.940. The average molecular weight is 238 g/mol. The summed E-state index contributed by atoms with van der Waals surface area (Å²) in [5.41, 5.74) is -0.115. The van der Waals surface area contributed by atoms with Crippen LogP contribution in [0.25, 0.3) is 0 Å². The second kappa shape index (κ2) is 3.53. The summed E-state index contributed by atoms with van der Waals surface area (Å²) in [5, 5.41) is 3.20. The Morgan fingerprint density at radius 1 is 1.35 bits per heavy atom. The molecule has 17 heavy (non-hydrogen) atoms. The molecule has 1 saturated carbocycles. The SMILES string of the molecule is CC1(C)C2C(=O)N(CC3CNCCO3)C(=O)C21. The number of morpholine rings is 1. The Kier molecular flexibility index (Phi) is 2.32. The highest BCUT2D eigenvalue weighted by Gasteiger charge is 2.72. The number of hydrogen-bond donors (Lipinski definition) is 1. The van der Waals surface area contributed by atoms with Crippen LogP contribution in [0.15, 0.2) is 0 Å². The fraction of sp³-hybridized carbons (Fsp3) is 0.833. The molecular formula is C12H18N2O3. The molecule has 2 heterocycles. The second-order valence-electron chi connectivity index (χ2n) is 5.76. The first kappa shape index (κ1) is 11.2. The number of hydrogen-bond acceptors (Lipinski definition) is 4. The number of nitrogens with one attached hydrogen (secondary N) is 1. The van der Waals surface area contributed by atoms with E-state index in [2.05, 4.69) is 5.32 Å². The summed E-state index contributed by atoms with van der Waals surface area (Å²) in [5.74, 6) is -0.156. The summed E-state index contributed by atoms with van der Waals surface area (Å²) in [6, 6.07) is 0. The highest BCUT2D eigenvalue weighted by molar-refractivity contribution is 6.10. The van der Waals surface area contributed by atoms with Gasteiger partial charge in [-0.05, 0) is 5.41 Å². The van der Waals surface area contributed by atoms with Crippen molar-refractivity contribution in [3.05, 3.63) is 0 Å². The summed E-state index contributed by atoms with van der Waals surface area (Å²) in [7, 11) is 0. The monoisotopic (exact) mass is 238 g/mol. The van der Waals surface area contributed by atoms with Crippen molar-refractivity contribution in [2.24, 2.45) is 17.3 Å². The lowest BCUT2D eigenvalue weighted by atomic mass is 10.1. The van der Waals surface area contributed by atoms with Gasteiger partial charge in [0.15, 0.2) is 0 Å². The molecule has 2 aliphatic heterocycles. The van der Waals surface area contributed by atoms with Crippen LogP contribution in [0.4, 0.5) is 0 Å². The molecule has 1 N–H and O–H groups in total. The molecule has 5 nitrogen and oxygen atoms in total. The fourth-order valence-electron chi connectivity index (χ4n) is 3.12. The number of rotatable bonds is 2. The highest BCUT2D eigenvalue weighted by atomic mass is 16.5. The topological polar surface area (TPSA) is 58.6 Å². The van der Waals surface area contributed by atoms with Crippen molar-refractivity contribution in [3.8, 4) is 0 Å². The standard InChI is InChI=1S/C12H18N2O3/c1-12(2)8-9(12)11(16)14(10(8)15)6-7-5-13-3-4-17-7/h7-9,13H,3-6H2,1-2H3. The molecule has 0 aromatic rings. The van der Waals surface area contributed by atoms with Crippen LogP contribution in [-0.2, 0) is 14.3 Å². The van der Waals surface area contributed by atoms with E-state index in [1.54, 1.807) is 0 Å². The minimum Gasteiger partial charge on any atom is -0.374 e. The molecular weight excluding hydrogens is 220 g/mol. The number of piperidine rings is 1. The summed E-state index contributed by atoms with van der Waals surface area (Å²) in [6.45, 7) is 6.61. The van der Waals surface area contributed by atoms with Gasteiger partial charge in [0.25, 0.3) is 0 Å². The van der Waals surface area contributed by atoms with E-state index in [0.29, 0.717) is 13.2 Å². The number of ether oxygens (including phenoxy) is 1. The lowest BCUT2D eigenvalue weighted by Crippen LogP contribution is -2.48. The van der Waals surface area contributed by atoms with Crippen molar-refractivity contribution in [1.29, 1.82) is 0 Å². The van der Waals surface area contributed by atoms with Crippen molar-refractivity contribution in [3.63, 3.8) is 0 Å². The zero-order valence-electron chi connectivity index (χ0n) is 10.2. The molecule has 3 aliphatic rings. The Labute approximate surface area is 100 Å². The van der Waals surface area contributed by atoms with Crippen LogP contribution in [0, 0.1) is 17.3 Å². The molecule has 0 aromatic carbocycles. The number of amides is 2. The summed E-state index contributed by atoms with van der Waals surface area (Å²) < 4.78 is 5.53. The van der Waals surface area contributed by atoms with Crippen LogP contribution < -0.4 is 5.32 Å². The van der Waals surface area contributed by atoms with E-state index in [0.717, 1.165) is 13.1 Å². The molecule has 3 rings (SSSR count). The van der Waals surface area contributed by atoms with Gasteiger partial charge in [-0.1, -0.05) is 13.8 Å². The van der Waals surface area contributed by atoms with Gasteiger partial charge in [-0.3, -0.25) is 14.5 Å². The Morgan fingerprint density at radius 3 is 2.53 bits per heavy atom. The normalized spacial score (nSPS) is 39.4. The van der Waals surface area contributed by atoms with Gasteiger partial charge in [-0.25, -0.2) is 0 Å². The molecule has 3 fully saturated rings. The van der Waals surface area contributed by atoms with Crippen molar-refractivity contribution >= 4 is 11.8 Å². The number of carbonyl (C=O) groups is 2. The maximum Gasteiger partial charge on any atom is 0.233 e.